The third-order valence-electron chi connectivity index (χ3n) is 24.3. The zero-order valence-electron chi connectivity index (χ0n) is 66.3. The fourth-order valence-corrected chi connectivity index (χ4v) is 19.3. The second-order valence-electron chi connectivity index (χ2n) is 32.1. The highest BCUT2D eigenvalue weighted by atomic mass is 35.5. The van der Waals surface area contributed by atoms with E-state index in [1.54, 1.807) is 95.1 Å². The minimum absolute atomic E-state index is 0.106. The minimum atomic E-state index is -0.421. The smallest absolute Gasteiger partial charge is 0.350 e. The summed E-state index contributed by atoms with van der Waals surface area (Å²) in [5.41, 5.74) is 3.76. The van der Waals surface area contributed by atoms with E-state index in [9.17, 15) is 28.8 Å². The van der Waals surface area contributed by atoms with Crippen LogP contribution in [0.1, 0.15) is 77.6 Å². The number of aryl methyl sites for hydroxylation is 1. The van der Waals surface area contributed by atoms with Crippen LogP contribution in [0.5, 0.6) is 17.2 Å². The van der Waals surface area contributed by atoms with Gasteiger partial charge in [0.15, 0.2) is 17.2 Å². The molecule has 18 rings (SSSR count). The predicted octanol–water partition coefficient (Wildman–Crippen LogP) is 12.2. The van der Waals surface area contributed by atoms with E-state index in [1.165, 1.54) is 36.4 Å². The Morgan fingerprint density at radius 2 is 0.795 bits per heavy atom. The Morgan fingerprint density at radius 3 is 1.15 bits per heavy atom. The molecule has 8 atom stereocenters. The van der Waals surface area contributed by atoms with Crippen LogP contribution in [-0.2, 0) is 14.4 Å². The quantitative estimate of drug-likeness (QED) is 0.0873. The summed E-state index contributed by atoms with van der Waals surface area (Å²) in [6.45, 7) is 34.7. The topological polar surface area (TPSA) is 213 Å². The summed E-state index contributed by atoms with van der Waals surface area (Å²) < 4.78 is 69.4. The number of piperazine rings is 3. The van der Waals surface area contributed by atoms with Gasteiger partial charge in [-0.3, -0.25) is 28.1 Å². The number of halogens is 6. The maximum Gasteiger partial charge on any atom is 0.350 e. The summed E-state index contributed by atoms with van der Waals surface area (Å²) in [6.07, 6.45) is 7.38. The van der Waals surface area contributed by atoms with Gasteiger partial charge in [0.05, 0.1) is 49.7 Å². The first-order valence-electron chi connectivity index (χ1n) is 40.1. The zero-order chi connectivity index (χ0) is 82.3. The number of carbonyl (C=O) groups excluding carboxylic acids is 3. The lowest BCUT2D eigenvalue weighted by molar-refractivity contribution is -0.131. The van der Waals surface area contributed by atoms with E-state index in [-0.39, 0.29) is 103 Å². The van der Waals surface area contributed by atoms with Crippen molar-refractivity contribution in [1.29, 1.82) is 0 Å². The molecule has 6 aromatic carbocycles. The van der Waals surface area contributed by atoms with Crippen LogP contribution < -0.4 is 46.0 Å². The molecule has 117 heavy (non-hydrogen) atoms. The average molecular weight is 1660 g/mol. The standard InChI is InChI=1S/3C29H31ClFN5O3/c1-4-24(37)34-10-11-35(18(3)14-34)28-21-13-22(30)25(20-12-17(2)6-7-23(20)31)27-26(21)36(29(38)32-28)19(16-39-27)15-33-8-5-9-33;2*1-4-24(37)35-17(2)13-34(14-18(35)3)28-21-12-22(30)25(20-8-5-6-9-23(20)31)27-26(21)36(29(38)32-28)19(16-39-27)15-33-10-7-11-33/h4,6-7,12-13,18-19H,1,5,8-11,14-16H2,2-3H3;2*4-6,8-9,12,17-19H,1,7,10-11,13-16H2,2-3H3/t18-,19?;17-,18+,19?;17-,18-,19?/m0.1/s1. The number of amides is 3. The average Bonchev–Trinajstić information content (AvgIpc) is 0.728. The summed E-state index contributed by atoms with van der Waals surface area (Å²) in [7, 11) is 0. The van der Waals surface area contributed by atoms with Gasteiger partial charge >= 0.3 is 17.1 Å². The number of likely N-dealkylation sites (tertiary alicyclic amines) is 3. The van der Waals surface area contributed by atoms with Crippen LogP contribution in [0, 0.1) is 24.4 Å². The molecule has 12 heterocycles. The molecular weight excluding hydrogens is 1560 g/mol. The van der Waals surface area contributed by atoms with Crippen LogP contribution in [0.15, 0.2) is 137 Å². The van der Waals surface area contributed by atoms with Crippen molar-refractivity contribution in [3.05, 3.63) is 192 Å². The van der Waals surface area contributed by atoms with Gasteiger partial charge in [0.25, 0.3) is 0 Å². The normalized spacial score (nSPS) is 22.3. The van der Waals surface area contributed by atoms with Gasteiger partial charge in [-0.2, -0.15) is 15.0 Å². The SMILES string of the molecule is C=CC(=O)N1CCN(c2nc(=O)n3c4c(c(-c5cc(C)ccc5F)c(Cl)cc24)OCC3CN2CCC2)[C@@H](C)C1.C=CC(=O)N1[C@H](C)CN(c2nc(=O)n3c4c(c(-c5ccccc5F)c(Cl)cc24)OCC3CN2CCC2)C[C@@H]1C.C=CC(=O)N1[C@H](C)CN(c2nc(=O)n3c4c(c(-c5ccccc5F)c(Cl)cc24)OCC3CN2CCC2)C[C@H]1C. The third kappa shape index (κ3) is 14.8. The highest BCUT2D eigenvalue weighted by molar-refractivity contribution is 6.36. The summed E-state index contributed by atoms with van der Waals surface area (Å²) >= 11 is 20.6. The molecule has 3 amide bonds. The number of nitrogens with zero attached hydrogens (tertiary/aromatic N) is 15. The van der Waals surface area contributed by atoms with Crippen molar-refractivity contribution in [2.75, 3.05) is 139 Å². The van der Waals surface area contributed by atoms with Gasteiger partial charge < -0.3 is 58.3 Å². The number of aromatic nitrogens is 6. The molecule has 3 unspecified atom stereocenters. The van der Waals surface area contributed by atoms with E-state index >= 15 is 13.2 Å². The number of hydrogen-bond acceptors (Lipinski definition) is 18. The van der Waals surface area contributed by atoms with Crippen molar-refractivity contribution >= 4 is 103 Å². The van der Waals surface area contributed by atoms with Crippen molar-refractivity contribution in [3.63, 3.8) is 0 Å². The summed E-state index contributed by atoms with van der Waals surface area (Å²) in [5.74, 6) is 1.04. The molecule has 9 aliphatic heterocycles. The van der Waals surface area contributed by atoms with E-state index in [0.717, 1.165) is 64.1 Å². The maximum absolute atomic E-state index is 15.2. The van der Waals surface area contributed by atoms with Crippen LogP contribution in [-0.4, -0.2) is 231 Å². The fourth-order valence-electron chi connectivity index (χ4n) is 18.5. The van der Waals surface area contributed by atoms with Crippen molar-refractivity contribution in [2.24, 2.45) is 0 Å². The lowest BCUT2D eigenvalue weighted by Gasteiger charge is -2.45. The second-order valence-corrected chi connectivity index (χ2v) is 33.3. The van der Waals surface area contributed by atoms with Gasteiger partial charge in [-0.05, 0) is 161 Å². The van der Waals surface area contributed by atoms with Crippen molar-refractivity contribution in [3.8, 4) is 50.6 Å². The largest absolute Gasteiger partial charge is 0.488 e. The molecule has 3 aromatic heterocycles. The van der Waals surface area contributed by atoms with E-state index in [2.05, 4.69) is 49.4 Å². The predicted molar refractivity (Wildman–Crippen MR) is 451 cm³/mol. The Hall–Kier alpha value is -10.3. The Morgan fingerprint density at radius 1 is 0.444 bits per heavy atom. The maximum atomic E-state index is 15.2. The van der Waals surface area contributed by atoms with Gasteiger partial charge in [0, 0.05) is 145 Å². The highest BCUT2D eigenvalue weighted by Gasteiger charge is 2.42. The first kappa shape index (κ1) is 80.5. The zero-order valence-corrected chi connectivity index (χ0v) is 68.5. The van der Waals surface area contributed by atoms with Gasteiger partial charge in [-0.15, -0.1) is 0 Å². The van der Waals surface area contributed by atoms with Crippen molar-refractivity contribution < 1.29 is 41.8 Å². The van der Waals surface area contributed by atoms with E-state index in [1.807, 2.05) is 56.2 Å². The molecule has 6 fully saturated rings. The number of anilines is 3. The highest BCUT2D eigenvalue weighted by Crippen LogP contribution is 2.52. The first-order valence-corrected chi connectivity index (χ1v) is 41.2. The van der Waals surface area contributed by atoms with E-state index in [0.29, 0.717) is 181 Å². The number of rotatable bonds is 15. The molecule has 9 aliphatic rings. The molecule has 9 aromatic rings. The molecule has 0 aliphatic carbocycles. The third-order valence-corrected chi connectivity index (χ3v) is 25.2. The monoisotopic (exact) mass is 1650 g/mol. The molecule has 0 N–H and O–H groups in total. The summed E-state index contributed by atoms with van der Waals surface area (Å²) in [4.78, 5) is 111. The van der Waals surface area contributed by atoms with Crippen LogP contribution in [0.3, 0.4) is 0 Å². The second kappa shape index (κ2) is 32.9. The Labute approximate surface area is 690 Å². The van der Waals surface area contributed by atoms with E-state index in [4.69, 9.17) is 49.0 Å². The molecule has 0 saturated carbocycles. The Kier molecular flexibility index (Phi) is 22.6. The Bertz CT molecular complexity index is 5470. The summed E-state index contributed by atoms with van der Waals surface area (Å²) in [5, 5.41) is 2.98. The first-order chi connectivity index (χ1) is 56.3. The number of ether oxygens (including phenoxy) is 3. The minimum Gasteiger partial charge on any atom is -0.488 e. The molecule has 30 heteroatoms. The van der Waals surface area contributed by atoms with Gasteiger partial charge in [0.1, 0.15) is 54.7 Å². The van der Waals surface area contributed by atoms with Crippen LogP contribution in [0.2, 0.25) is 15.1 Å². The molecule has 0 radical (unpaired) electrons. The van der Waals surface area contributed by atoms with Crippen LogP contribution in [0.25, 0.3) is 66.1 Å². The van der Waals surface area contributed by atoms with Gasteiger partial charge in [-0.1, -0.05) is 103 Å². The van der Waals surface area contributed by atoms with Gasteiger partial charge in [-0.25, -0.2) is 27.6 Å². The van der Waals surface area contributed by atoms with Crippen LogP contribution in [0.4, 0.5) is 30.6 Å². The number of benzene rings is 6. The number of hydrogen-bond donors (Lipinski definition) is 0. The molecule has 0 spiro atoms. The van der Waals surface area contributed by atoms with Gasteiger partial charge in [0.2, 0.25) is 17.7 Å². The lowest BCUT2D eigenvalue weighted by Crippen LogP contribution is -2.58. The number of carbonyl (C=O) groups is 3. The molecule has 612 valence electrons. The fraction of sp³-hybridized carbons (Fsp3) is 0.414. The van der Waals surface area contributed by atoms with Crippen LogP contribution >= 0.6 is 34.8 Å². The van der Waals surface area contributed by atoms with Crippen molar-refractivity contribution in [2.45, 2.75) is 109 Å². The van der Waals surface area contributed by atoms with E-state index < -0.39 is 17.5 Å². The molecular formula is C87H93Cl3F3N15O9. The summed E-state index contributed by atoms with van der Waals surface area (Å²) in [6, 6.07) is 21.7. The van der Waals surface area contributed by atoms with Crippen molar-refractivity contribution in [1.82, 2.24) is 58.1 Å². The lowest BCUT2D eigenvalue weighted by atomic mass is 9.98. The Balaban J connectivity index is 0.000000131. The molecule has 0 bridgehead atoms. The molecule has 24 nitrogen and oxygen atoms in total. The molecule has 6 saturated heterocycles.